The predicted molar refractivity (Wildman–Crippen MR) is 86.4 cm³/mol. The number of aromatic nitrogens is 3. The molecular weight excluding hydrogens is 298 g/mol. The summed E-state index contributed by atoms with van der Waals surface area (Å²) in [5.41, 5.74) is 1.03. The van der Waals surface area contributed by atoms with E-state index in [1.165, 1.54) is 11.3 Å². The van der Waals surface area contributed by atoms with Gasteiger partial charge in [-0.15, -0.1) is 10.2 Å². The number of piperidine rings is 1. The number of carbonyl (C=O) groups is 1. The standard InChI is InChI=1S/C15H19N5OS/c1-10-18-19-15(22-10)17-14-7-3-6-13(16-14)12-5-4-8-20(9-12)11(2)21/h3,6-7,12H,4-5,8-9H2,1-2H3,(H,16,17,19). The summed E-state index contributed by atoms with van der Waals surface area (Å²) in [6.07, 6.45) is 2.09. The molecule has 22 heavy (non-hydrogen) atoms. The van der Waals surface area contributed by atoms with Gasteiger partial charge in [0.05, 0.1) is 0 Å². The Labute approximate surface area is 133 Å². The topological polar surface area (TPSA) is 71.0 Å². The SMILES string of the molecule is CC(=O)N1CCCC(c2cccc(Nc3nnc(C)s3)n2)C1. The molecule has 0 saturated carbocycles. The van der Waals surface area contributed by atoms with Crippen molar-refractivity contribution in [1.82, 2.24) is 20.1 Å². The van der Waals surface area contributed by atoms with E-state index in [9.17, 15) is 4.79 Å². The highest BCUT2D eigenvalue weighted by atomic mass is 32.1. The zero-order valence-electron chi connectivity index (χ0n) is 12.7. The van der Waals surface area contributed by atoms with Gasteiger partial charge in [0.1, 0.15) is 10.8 Å². The molecule has 2 aromatic heterocycles. The molecule has 7 heteroatoms. The number of anilines is 2. The second-order valence-corrected chi connectivity index (χ2v) is 6.68. The van der Waals surface area contributed by atoms with Crippen molar-refractivity contribution in [3.05, 3.63) is 28.9 Å². The Bertz CT molecular complexity index is 671. The van der Waals surface area contributed by atoms with E-state index in [0.29, 0.717) is 5.92 Å². The fraction of sp³-hybridized carbons (Fsp3) is 0.467. The van der Waals surface area contributed by atoms with Crippen molar-refractivity contribution >= 4 is 28.2 Å². The summed E-state index contributed by atoms with van der Waals surface area (Å²) < 4.78 is 0. The summed E-state index contributed by atoms with van der Waals surface area (Å²) >= 11 is 1.50. The first-order valence-electron chi connectivity index (χ1n) is 7.41. The zero-order valence-corrected chi connectivity index (χ0v) is 13.6. The Morgan fingerprint density at radius 2 is 2.27 bits per heavy atom. The Morgan fingerprint density at radius 3 is 3.00 bits per heavy atom. The number of hydrogen-bond donors (Lipinski definition) is 1. The van der Waals surface area contributed by atoms with Crippen LogP contribution in [0.4, 0.5) is 10.9 Å². The van der Waals surface area contributed by atoms with Crippen molar-refractivity contribution in [2.24, 2.45) is 0 Å². The molecule has 1 unspecified atom stereocenters. The van der Waals surface area contributed by atoms with Gasteiger partial charge in [0.2, 0.25) is 11.0 Å². The molecule has 1 amide bonds. The zero-order chi connectivity index (χ0) is 15.5. The molecule has 0 spiro atoms. The minimum absolute atomic E-state index is 0.142. The number of pyridine rings is 1. The third-order valence-electron chi connectivity index (χ3n) is 3.82. The smallest absolute Gasteiger partial charge is 0.219 e. The van der Waals surface area contributed by atoms with Crippen molar-refractivity contribution in [1.29, 1.82) is 0 Å². The maximum absolute atomic E-state index is 11.6. The van der Waals surface area contributed by atoms with E-state index in [0.717, 1.165) is 47.6 Å². The molecule has 3 heterocycles. The Balaban J connectivity index is 1.74. The molecule has 1 aliphatic rings. The van der Waals surface area contributed by atoms with E-state index in [2.05, 4.69) is 20.5 Å². The van der Waals surface area contributed by atoms with Crippen LogP contribution >= 0.6 is 11.3 Å². The van der Waals surface area contributed by atoms with Gasteiger partial charge in [-0.3, -0.25) is 4.79 Å². The Kier molecular flexibility index (Phi) is 4.33. The van der Waals surface area contributed by atoms with E-state index in [-0.39, 0.29) is 5.91 Å². The third-order valence-corrected chi connectivity index (χ3v) is 4.57. The van der Waals surface area contributed by atoms with E-state index >= 15 is 0 Å². The minimum atomic E-state index is 0.142. The Hall–Kier alpha value is -2.02. The molecule has 2 aromatic rings. The van der Waals surface area contributed by atoms with E-state index < -0.39 is 0 Å². The van der Waals surface area contributed by atoms with Crippen LogP contribution in [0.15, 0.2) is 18.2 Å². The molecular formula is C15H19N5OS. The first-order valence-corrected chi connectivity index (χ1v) is 8.23. The van der Waals surface area contributed by atoms with Crippen LogP contribution in [0, 0.1) is 6.92 Å². The largest absolute Gasteiger partial charge is 0.342 e. The normalized spacial score (nSPS) is 18.3. The van der Waals surface area contributed by atoms with Gasteiger partial charge in [0, 0.05) is 31.6 Å². The summed E-state index contributed by atoms with van der Waals surface area (Å²) in [5, 5.41) is 12.9. The van der Waals surface area contributed by atoms with Crippen LogP contribution in [-0.2, 0) is 4.79 Å². The highest BCUT2D eigenvalue weighted by molar-refractivity contribution is 7.15. The van der Waals surface area contributed by atoms with Crippen LogP contribution in [0.5, 0.6) is 0 Å². The molecule has 1 aliphatic heterocycles. The quantitative estimate of drug-likeness (QED) is 0.942. The predicted octanol–water partition coefficient (Wildman–Crippen LogP) is 2.71. The molecule has 1 saturated heterocycles. The number of aryl methyl sites for hydroxylation is 1. The van der Waals surface area contributed by atoms with Crippen LogP contribution in [0.25, 0.3) is 0 Å². The molecule has 0 aromatic carbocycles. The number of rotatable bonds is 3. The Morgan fingerprint density at radius 1 is 1.41 bits per heavy atom. The number of amides is 1. The second-order valence-electron chi connectivity index (χ2n) is 5.50. The molecule has 6 nitrogen and oxygen atoms in total. The molecule has 1 fully saturated rings. The van der Waals surface area contributed by atoms with Crippen molar-refractivity contribution in [2.45, 2.75) is 32.6 Å². The molecule has 1 atom stereocenters. The van der Waals surface area contributed by atoms with Gasteiger partial charge in [0.15, 0.2) is 0 Å². The van der Waals surface area contributed by atoms with Crippen molar-refractivity contribution < 1.29 is 4.79 Å². The van der Waals surface area contributed by atoms with Crippen molar-refractivity contribution in [2.75, 3.05) is 18.4 Å². The molecule has 0 aliphatic carbocycles. The second kappa shape index (κ2) is 6.39. The molecule has 1 N–H and O–H groups in total. The van der Waals surface area contributed by atoms with Crippen LogP contribution in [0.3, 0.4) is 0 Å². The number of likely N-dealkylation sites (tertiary alicyclic amines) is 1. The molecule has 116 valence electrons. The number of carbonyl (C=O) groups excluding carboxylic acids is 1. The van der Waals surface area contributed by atoms with Gasteiger partial charge in [0.25, 0.3) is 0 Å². The monoisotopic (exact) mass is 317 g/mol. The van der Waals surface area contributed by atoms with E-state index in [1.54, 1.807) is 6.92 Å². The fourth-order valence-corrected chi connectivity index (χ4v) is 3.31. The summed E-state index contributed by atoms with van der Waals surface area (Å²) in [7, 11) is 0. The van der Waals surface area contributed by atoms with Crippen molar-refractivity contribution in [3.8, 4) is 0 Å². The lowest BCUT2D eigenvalue weighted by Gasteiger charge is -2.31. The van der Waals surface area contributed by atoms with Gasteiger partial charge in [-0.2, -0.15) is 0 Å². The maximum atomic E-state index is 11.6. The summed E-state index contributed by atoms with van der Waals surface area (Å²) in [4.78, 5) is 18.2. The number of nitrogens with zero attached hydrogens (tertiary/aromatic N) is 4. The summed E-state index contributed by atoms with van der Waals surface area (Å²) in [6, 6.07) is 5.95. The van der Waals surface area contributed by atoms with Crippen LogP contribution in [0.1, 0.15) is 36.4 Å². The summed E-state index contributed by atoms with van der Waals surface area (Å²) in [5.74, 6) is 1.22. The van der Waals surface area contributed by atoms with E-state index in [4.69, 9.17) is 0 Å². The van der Waals surface area contributed by atoms with Gasteiger partial charge in [-0.1, -0.05) is 17.4 Å². The third kappa shape index (κ3) is 3.41. The lowest BCUT2D eigenvalue weighted by Crippen LogP contribution is -2.37. The summed E-state index contributed by atoms with van der Waals surface area (Å²) in [6.45, 7) is 5.16. The van der Waals surface area contributed by atoms with Gasteiger partial charge >= 0.3 is 0 Å². The maximum Gasteiger partial charge on any atom is 0.219 e. The number of hydrogen-bond acceptors (Lipinski definition) is 6. The first-order chi connectivity index (χ1) is 10.6. The molecule has 0 radical (unpaired) electrons. The fourth-order valence-electron chi connectivity index (χ4n) is 2.71. The van der Waals surface area contributed by atoms with Crippen molar-refractivity contribution in [3.63, 3.8) is 0 Å². The van der Waals surface area contributed by atoms with Gasteiger partial charge < -0.3 is 10.2 Å². The highest BCUT2D eigenvalue weighted by Gasteiger charge is 2.23. The van der Waals surface area contributed by atoms with Crippen LogP contribution < -0.4 is 5.32 Å². The van der Waals surface area contributed by atoms with E-state index in [1.807, 2.05) is 30.0 Å². The van der Waals surface area contributed by atoms with Gasteiger partial charge in [-0.25, -0.2) is 4.98 Å². The lowest BCUT2D eigenvalue weighted by molar-refractivity contribution is -0.130. The average Bonchev–Trinajstić information content (AvgIpc) is 2.93. The van der Waals surface area contributed by atoms with Gasteiger partial charge in [-0.05, 0) is 31.9 Å². The number of nitrogens with one attached hydrogen (secondary N) is 1. The van der Waals surface area contributed by atoms with Crippen LogP contribution in [0.2, 0.25) is 0 Å². The highest BCUT2D eigenvalue weighted by Crippen LogP contribution is 2.27. The molecule has 3 rings (SSSR count). The lowest BCUT2D eigenvalue weighted by atomic mass is 9.94. The van der Waals surface area contributed by atoms with Crippen LogP contribution in [-0.4, -0.2) is 39.1 Å². The molecule has 0 bridgehead atoms. The average molecular weight is 317 g/mol. The first kappa shape index (κ1) is 14.9. The minimum Gasteiger partial charge on any atom is -0.342 e.